The van der Waals surface area contributed by atoms with Crippen molar-refractivity contribution < 1.29 is 14.3 Å². The minimum Gasteiger partial charge on any atom is -0.462 e. The van der Waals surface area contributed by atoms with Crippen LogP contribution in [0.1, 0.15) is 47.5 Å². The molecule has 3 aromatic rings. The van der Waals surface area contributed by atoms with Gasteiger partial charge in [-0.05, 0) is 63.3 Å². The van der Waals surface area contributed by atoms with Crippen LogP contribution in [0.15, 0.2) is 22.5 Å². The fourth-order valence-electron chi connectivity index (χ4n) is 3.42. The van der Waals surface area contributed by atoms with Crippen LogP contribution in [0.4, 0.5) is 5.00 Å². The number of aryl methyl sites for hydroxylation is 1. The summed E-state index contributed by atoms with van der Waals surface area (Å²) >= 11 is 10.5. The van der Waals surface area contributed by atoms with Crippen LogP contribution in [0.3, 0.4) is 0 Å². The third-order valence-corrected chi connectivity index (χ3v) is 8.54. The molecule has 1 amide bonds. The van der Waals surface area contributed by atoms with Crippen LogP contribution in [0.5, 0.6) is 0 Å². The Labute approximate surface area is 192 Å². The molecular formula is C21H21ClN2O3S3. The number of thioether (sulfide) groups is 1. The molecule has 0 saturated heterocycles. The van der Waals surface area contributed by atoms with E-state index >= 15 is 0 Å². The Morgan fingerprint density at radius 2 is 2.10 bits per heavy atom. The molecule has 0 radical (unpaired) electrons. The average Bonchev–Trinajstić information content (AvgIpc) is 3.27. The first-order valence-electron chi connectivity index (χ1n) is 9.81. The van der Waals surface area contributed by atoms with Crippen LogP contribution in [0, 0.1) is 0 Å². The fourth-order valence-corrected chi connectivity index (χ4v) is 7.06. The van der Waals surface area contributed by atoms with E-state index in [1.807, 2.05) is 25.1 Å². The summed E-state index contributed by atoms with van der Waals surface area (Å²) in [5, 5.41) is 3.87. The average molecular weight is 481 g/mol. The number of halogens is 1. The van der Waals surface area contributed by atoms with Crippen LogP contribution < -0.4 is 5.32 Å². The zero-order valence-corrected chi connectivity index (χ0v) is 19.8. The van der Waals surface area contributed by atoms with Crippen molar-refractivity contribution in [3.63, 3.8) is 0 Å². The summed E-state index contributed by atoms with van der Waals surface area (Å²) in [6, 6.07) is 5.60. The molecule has 2 aromatic heterocycles. The van der Waals surface area contributed by atoms with Gasteiger partial charge in [0, 0.05) is 9.90 Å². The van der Waals surface area contributed by atoms with Gasteiger partial charge in [-0.2, -0.15) is 0 Å². The van der Waals surface area contributed by atoms with Gasteiger partial charge in [0.1, 0.15) is 5.00 Å². The monoisotopic (exact) mass is 480 g/mol. The molecule has 1 N–H and O–H groups in total. The number of hydrogen-bond acceptors (Lipinski definition) is 7. The Balaban J connectivity index is 1.52. The lowest BCUT2D eigenvalue weighted by Gasteiger charge is -2.13. The van der Waals surface area contributed by atoms with Gasteiger partial charge in [0.25, 0.3) is 0 Å². The summed E-state index contributed by atoms with van der Waals surface area (Å²) < 4.78 is 7.11. The molecule has 30 heavy (non-hydrogen) atoms. The predicted octanol–water partition coefficient (Wildman–Crippen LogP) is 6.19. The van der Waals surface area contributed by atoms with Crippen molar-refractivity contribution in [1.29, 1.82) is 0 Å². The van der Waals surface area contributed by atoms with Crippen LogP contribution >= 0.6 is 46.0 Å². The molecule has 1 aromatic carbocycles. The highest BCUT2D eigenvalue weighted by Gasteiger charge is 2.28. The van der Waals surface area contributed by atoms with Crippen molar-refractivity contribution in [1.82, 2.24) is 4.98 Å². The quantitative estimate of drug-likeness (QED) is 0.336. The Kier molecular flexibility index (Phi) is 6.67. The number of rotatable bonds is 6. The highest BCUT2D eigenvalue weighted by atomic mass is 35.5. The highest BCUT2D eigenvalue weighted by Crippen LogP contribution is 2.39. The molecule has 1 unspecified atom stereocenters. The van der Waals surface area contributed by atoms with E-state index in [4.69, 9.17) is 16.3 Å². The van der Waals surface area contributed by atoms with E-state index in [2.05, 4.69) is 10.3 Å². The number of thiazole rings is 1. The maximum Gasteiger partial charge on any atom is 0.341 e. The van der Waals surface area contributed by atoms with Crippen molar-refractivity contribution in [2.24, 2.45) is 0 Å². The van der Waals surface area contributed by atoms with Gasteiger partial charge in [0.15, 0.2) is 4.34 Å². The number of nitrogens with zero attached hydrogens (tertiary/aromatic N) is 1. The van der Waals surface area contributed by atoms with E-state index in [1.165, 1.54) is 39.3 Å². The molecule has 0 fully saturated rings. The summed E-state index contributed by atoms with van der Waals surface area (Å²) in [4.78, 5) is 31.2. The van der Waals surface area contributed by atoms with E-state index in [0.717, 1.165) is 45.8 Å². The lowest BCUT2D eigenvalue weighted by molar-refractivity contribution is -0.115. The van der Waals surface area contributed by atoms with Crippen LogP contribution in [-0.2, 0) is 22.4 Å². The van der Waals surface area contributed by atoms with E-state index in [0.29, 0.717) is 22.2 Å². The minimum atomic E-state index is -0.366. The fraction of sp³-hybridized carbons (Fsp3) is 0.381. The lowest BCUT2D eigenvalue weighted by atomic mass is 9.95. The molecule has 0 bridgehead atoms. The first kappa shape index (κ1) is 21.6. The minimum absolute atomic E-state index is 0.151. The normalized spacial score (nSPS) is 14.4. The topological polar surface area (TPSA) is 68.3 Å². The van der Waals surface area contributed by atoms with Gasteiger partial charge in [0.2, 0.25) is 5.91 Å². The molecule has 158 valence electrons. The Bertz CT molecular complexity index is 1110. The first-order chi connectivity index (χ1) is 14.5. The molecule has 1 aliphatic carbocycles. The van der Waals surface area contributed by atoms with Gasteiger partial charge in [-0.1, -0.05) is 23.4 Å². The summed E-state index contributed by atoms with van der Waals surface area (Å²) in [5.41, 5.74) is 2.42. The second kappa shape index (κ2) is 9.26. The molecule has 4 rings (SSSR count). The second-order valence-corrected chi connectivity index (χ2v) is 11.1. The van der Waals surface area contributed by atoms with Gasteiger partial charge in [0.05, 0.1) is 27.6 Å². The van der Waals surface area contributed by atoms with Crippen molar-refractivity contribution in [2.45, 2.75) is 49.1 Å². The van der Waals surface area contributed by atoms with Crippen LogP contribution in [0.2, 0.25) is 5.02 Å². The number of aromatic nitrogens is 1. The third kappa shape index (κ3) is 4.51. The number of hydrogen-bond donors (Lipinski definition) is 1. The summed E-state index contributed by atoms with van der Waals surface area (Å²) in [7, 11) is 0. The highest BCUT2D eigenvalue weighted by molar-refractivity contribution is 8.02. The maximum absolute atomic E-state index is 12.9. The number of benzene rings is 1. The Morgan fingerprint density at radius 3 is 2.90 bits per heavy atom. The van der Waals surface area contributed by atoms with Crippen molar-refractivity contribution in [3.05, 3.63) is 39.2 Å². The molecule has 1 atom stereocenters. The van der Waals surface area contributed by atoms with Crippen molar-refractivity contribution in [3.8, 4) is 0 Å². The van der Waals surface area contributed by atoms with E-state index in [9.17, 15) is 9.59 Å². The lowest BCUT2D eigenvalue weighted by Crippen LogP contribution is -2.23. The number of thiophene rings is 1. The first-order valence-corrected chi connectivity index (χ1v) is 12.7. The van der Waals surface area contributed by atoms with Gasteiger partial charge < -0.3 is 10.1 Å². The maximum atomic E-state index is 12.9. The summed E-state index contributed by atoms with van der Waals surface area (Å²) in [6.07, 6.45) is 3.96. The van der Waals surface area contributed by atoms with E-state index < -0.39 is 0 Å². The number of fused-ring (bicyclic) bond motifs is 2. The molecular weight excluding hydrogens is 460 g/mol. The number of anilines is 1. The van der Waals surface area contributed by atoms with Gasteiger partial charge in [-0.25, -0.2) is 9.78 Å². The zero-order valence-electron chi connectivity index (χ0n) is 16.6. The number of ether oxygens (including phenoxy) is 1. The van der Waals surface area contributed by atoms with E-state index in [-0.39, 0.29) is 17.1 Å². The molecule has 0 spiro atoms. The smallest absolute Gasteiger partial charge is 0.341 e. The van der Waals surface area contributed by atoms with Gasteiger partial charge in [-0.3, -0.25) is 4.79 Å². The SMILES string of the molecule is CCOC(=O)c1c(NC(=O)C(C)Sc2nc3cc(Cl)ccc3s2)sc2c1CCCC2. The molecule has 9 heteroatoms. The third-order valence-electron chi connectivity index (χ3n) is 4.86. The molecule has 2 heterocycles. The number of carbonyl (C=O) groups is 2. The molecule has 5 nitrogen and oxygen atoms in total. The zero-order chi connectivity index (χ0) is 21.3. The van der Waals surface area contributed by atoms with Crippen molar-refractivity contribution in [2.75, 3.05) is 11.9 Å². The molecule has 0 aliphatic heterocycles. The Morgan fingerprint density at radius 1 is 1.30 bits per heavy atom. The number of nitrogens with one attached hydrogen (secondary N) is 1. The largest absolute Gasteiger partial charge is 0.462 e. The number of amides is 1. The standard InChI is InChI=1S/C21H21ClN2O3S3/c1-3-27-20(26)17-13-6-4-5-7-15(13)29-19(17)24-18(25)11(2)28-21-23-14-10-12(22)8-9-16(14)30-21/h8-11H,3-7H2,1-2H3,(H,24,25). The van der Waals surface area contributed by atoms with Gasteiger partial charge >= 0.3 is 5.97 Å². The number of carbonyl (C=O) groups excluding carboxylic acids is 2. The van der Waals surface area contributed by atoms with Crippen LogP contribution in [0.25, 0.3) is 10.2 Å². The number of esters is 1. The Hall–Kier alpha value is -1.61. The summed E-state index contributed by atoms with van der Waals surface area (Å²) in [5.74, 6) is -0.503. The molecule has 1 aliphatic rings. The molecule has 0 saturated carbocycles. The van der Waals surface area contributed by atoms with Crippen LogP contribution in [-0.4, -0.2) is 28.7 Å². The van der Waals surface area contributed by atoms with Gasteiger partial charge in [-0.15, -0.1) is 22.7 Å². The summed E-state index contributed by atoms with van der Waals surface area (Å²) in [6.45, 7) is 3.94. The van der Waals surface area contributed by atoms with Crippen molar-refractivity contribution >= 4 is 73.1 Å². The van der Waals surface area contributed by atoms with E-state index in [1.54, 1.807) is 6.92 Å². The second-order valence-electron chi connectivity index (χ2n) is 6.98. The predicted molar refractivity (Wildman–Crippen MR) is 125 cm³/mol.